The Kier molecular flexibility index (Phi) is 3.83. The molecule has 1 amide bonds. The van der Waals surface area contributed by atoms with Crippen molar-refractivity contribution in [3.05, 3.63) is 59.4 Å². The lowest BCUT2D eigenvalue weighted by atomic mass is 10.2. The summed E-state index contributed by atoms with van der Waals surface area (Å²) in [6.07, 6.45) is 0. The third-order valence-corrected chi connectivity index (χ3v) is 2.77. The van der Waals surface area contributed by atoms with Gasteiger partial charge in [-0.2, -0.15) is 5.26 Å². The maximum atomic E-state index is 13.6. The molecular formula is C14H9FN2OS. The molecule has 0 fully saturated rings. The average molecular weight is 272 g/mol. The number of halogens is 1. The van der Waals surface area contributed by atoms with Gasteiger partial charge in [0.1, 0.15) is 5.82 Å². The Balaban J connectivity index is 2.20. The van der Waals surface area contributed by atoms with E-state index in [1.54, 1.807) is 24.3 Å². The van der Waals surface area contributed by atoms with Gasteiger partial charge in [0, 0.05) is 10.5 Å². The number of rotatable bonds is 2. The first-order valence-electron chi connectivity index (χ1n) is 5.40. The summed E-state index contributed by atoms with van der Waals surface area (Å²) in [5, 5.41) is 11.1. The summed E-state index contributed by atoms with van der Waals surface area (Å²) in [5.41, 5.74) is 0.649. The van der Waals surface area contributed by atoms with Crippen LogP contribution in [0.1, 0.15) is 15.9 Å². The van der Waals surface area contributed by atoms with Crippen LogP contribution in [0.4, 0.5) is 10.1 Å². The Bertz CT molecular complexity index is 662. The number of nitrogens with one attached hydrogen (secondary N) is 1. The summed E-state index contributed by atoms with van der Waals surface area (Å²) < 4.78 is 13.6. The summed E-state index contributed by atoms with van der Waals surface area (Å²) in [6, 6.07) is 12.2. The summed E-state index contributed by atoms with van der Waals surface area (Å²) in [6.45, 7) is 0. The first-order chi connectivity index (χ1) is 9.10. The molecule has 0 saturated heterocycles. The van der Waals surface area contributed by atoms with Gasteiger partial charge in [-0.05, 0) is 42.5 Å². The molecule has 0 aliphatic carbocycles. The molecule has 0 radical (unpaired) electrons. The van der Waals surface area contributed by atoms with Crippen molar-refractivity contribution in [3.63, 3.8) is 0 Å². The molecule has 2 aromatic rings. The highest BCUT2D eigenvalue weighted by Crippen LogP contribution is 2.17. The van der Waals surface area contributed by atoms with Crippen molar-refractivity contribution in [1.82, 2.24) is 0 Å². The van der Waals surface area contributed by atoms with E-state index in [-0.39, 0.29) is 11.3 Å². The van der Waals surface area contributed by atoms with E-state index in [0.717, 1.165) is 11.0 Å². The summed E-state index contributed by atoms with van der Waals surface area (Å²) >= 11 is 4.12. The highest BCUT2D eigenvalue weighted by molar-refractivity contribution is 7.80. The van der Waals surface area contributed by atoms with Crippen molar-refractivity contribution in [2.45, 2.75) is 4.90 Å². The van der Waals surface area contributed by atoms with Gasteiger partial charge < -0.3 is 5.32 Å². The van der Waals surface area contributed by atoms with E-state index < -0.39 is 11.7 Å². The number of carbonyl (C=O) groups excluding carboxylic acids is 1. The van der Waals surface area contributed by atoms with Crippen LogP contribution in [-0.2, 0) is 0 Å². The second-order valence-electron chi connectivity index (χ2n) is 3.81. The van der Waals surface area contributed by atoms with Crippen molar-refractivity contribution in [2.75, 3.05) is 5.32 Å². The van der Waals surface area contributed by atoms with Crippen LogP contribution in [0, 0.1) is 17.1 Å². The second kappa shape index (κ2) is 5.55. The minimum atomic E-state index is -0.641. The molecule has 0 aliphatic heterocycles. The lowest BCUT2D eigenvalue weighted by Crippen LogP contribution is -2.12. The van der Waals surface area contributed by atoms with Crippen molar-refractivity contribution in [1.29, 1.82) is 5.26 Å². The Labute approximate surface area is 115 Å². The Morgan fingerprint density at radius 3 is 2.47 bits per heavy atom. The van der Waals surface area contributed by atoms with Gasteiger partial charge in [0.25, 0.3) is 5.91 Å². The third-order valence-electron chi connectivity index (χ3n) is 2.48. The SMILES string of the molecule is N#Cc1ccc(NC(=O)c2ccc(S)cc2)c(F)c1. The van der Waals surface area contributed by atoms with Gasteiger partial charge in [-0.25, -0.2) is 4.39 Å². The zero-order valence-electron chi connectivity index (χ0n) is 9.72. The molecule has 0 aromatic heterocycles. The van der Waals surface area contributed by atoms with Crippen LogP contribution in [0.5, 0.6) is 0 Å². The fourth-order valence-corrected chi connectivity index (χ4v) is 1.64. The van der Waals surface area contributed by atoms with Crippen LogP contribution < -0.4 is 5.32 Å². The molecule has 0 aliphatic rings. The van der Waals surface area contributed by atoms with Crippen LogP contribution in [0.15, 0.2) is 47.4 Å². The lowest BCUT2D eigenvalue weighted by molar-refractivity contribution is 0.102. The van der Waals surface area contributed by atoms with Crippen molar-refractivity contribution < 1.29 is 9.18 Å². The average Bonchev–Trinajstić information content (AvgIpc) is 2.41. The molecule has 1 N–H and O–H groups in total. The van der Waals surface area contributed by atoms with Gasteiger partial charge in [-0.3, -0.25) is 4.79 Å². The molecule has 2 rings (SSSR count). The molecular weight excluding hydrogens is 263 g/mol. The molecule has 0 atom stereocenters. The maximum Gasteiger partial charge on any atom is 0.255 e. The number of nitriles is 1. The van der Waals surface area contributed by atoms with Crippen molar-refractivity contribution in [3.8, 4) is 6.07 Å². The monoisotopic (exact) mass is 272 g/mol. The fourth-order valence-electron chi connectivity index (χ4n) is 1.49. The van der Waals surface area contributed by atoms with Gasteiger partial charge >= 0.3 is 0 Å². The summed E-state index contributed by atoms with van der Waals surface area (Å²) in [4.78, 5) is 12.6. The van der Waals surface area contributed by atoms with E-state index >= 15 is 0 Å². The quantitative estimate of drug-likeness (QED) is 0.825. The number of nitrogens with zero attached hydrogens (tertiary/aromatic N) is 1. The van der Waals surface area contributed by atoms with Crippen LogP contribution in [0.2, 0.25) is 0 Å². The highest BCUT2D eigenvalue weighted by atomic mass is 32.1. The summed E-state index contributed by atoms with van der Waals surface area (Å²) in [5.74, 6) is -1.06. The van der Waals surface area contributed by atoms with E-state index in [2.05, 4.69) is 17.9 Å². The molecule has 0 bridgehead atoms. The molecule has 94 valence electrons. The molecule has 5 heteroatoms. The standard InChI is InChI=1S/C14H9FN2OS/c15-12-7-9(8-16)1-6-13(12)17-14(18)10-2-4-11(19)5-3-10/h1-7,19H,(H,17,18). The van der Waals surface area contributed by atoms with Gasteiger partial charge in [-0.1, -0.05) is 0 Å². The first-order valence-corrected chi connectivity index (χ1v) is 5.85. The van der Waals surface area contributed by atoms with Crippen LogP contribution >= 0.6 is 12.6 Å². The van der Waals surface area contributed by atoms with Gasteiger partial charge in [0.05, 0.1) is 17.3 Å². The normalized spacial score (nSPS) is 9.74. The maximum absolute atomic E-state index is 13.6. The topological polar surface area (TPSA) is 52.9 Å². The fraction of sp³-hybridized carbons (Fsp3) is 0. The molecule has 0 saturated carbocycles. The lowest BCUT2D eigenvalue weighted by Gasteiger charge is -2.06. The second-order valence-corrected chi connectivity index (χ2v) is 4.32. The zero-order chi connectivity index (χ0) is 13.8. The van der Waals surface area contributed by atoms with E-state index in [1.165, 1.54) is 12.1 Å². The van der Waals surface area contributed by atoms with Gasteiger partial charge in [0.2, 0.25) is 0 Å². The van der Waals surface area contributed by atoms with E-state index in [1.807, 2.05) is 6.07 Å². The predicted molar refractivity (Wildman–Crippen MR) is 72.8 cm³/mol. The van der Waals surface area contributed by atoms with Gasteiger partial charge in [-0.15, -0.1) is 12.6 Å². The molecule has 19 heavy (non-hydrogen) atoms. The van der Waals surface area contributed by atoms with Gasteiger partial charge in [0.15, 0.2) is 0 Å². The number of hydrogen-bond acceptors (Lipinski definition) is 3. The zero-order valence-corrected chi connectivity index (χ0v) is 10.6. The van der Waals surface area contributed by atoms with Crippen molar-refractivity contribution >= 4 is 24.2 Å². The molecule has 3 nitrogen and oxygen atoms in total. The molecule has 2 aromatic carbocycles. The van der Waals surface area contributed by atoms with Crippen LogP contribution in [0.3, 0.4) is 0 Å². The van der Waals surface area contributed by atoms with Crippen molar-refractivity contribution in [2.24, 2.45) is 0 Å². The predicted octanol–water partition coefficient (Wildman–Crippen LogP) is 3.24. The molecule has 0 heterocycles. The van der Waals surface area contributed by atoms with Crippen LogP contribution in [0.25, 0.3) is 0 Å². The number of benzene rings is 2. The number of thiol groups is 1. The number of amides is 1. The van der Waals surface area contributed by atoms with E-state index in [4.69, 9.17) is 5.26 Å². The van der Waals surface area contributed by atoms with Crippen LogP contribution in [-0.4, -0.2) is 5.91 Å². The smallest absolute Gasteiger partial charge is 0.255 e. The van der Waals surface area contributed by atoms with E-state index in [9.17, 15) is 9.18 Å². The number of carbonyl (C=O) groups is 1. The van der Waals surface area contributed by atoms with E-state index in [0.29, 0.717) is 5.56 Å². The number of anilines is 1. The highest BCUT2D eigenvalue weighted by Gasteiger charge is 2.09. The Morgan fingerprint density at radius 2 is 1.89 bits per heavy atom. The Hall–Kier alpha value is -2.32. The Morgan fingerprint density at radius 1 is 1.21 bits per heavy atom. The largest absolute Gasteiger partial charge is 0.319 e. The first kappa shape index (κ1) is 13.1. The molecule has 0 unspecified atom stereocenters. The molecule has 0 spiro atoms. The summed E-state index contributed by atoms with van der Waals surface area (Å²) in [7, 11) is 0. The number of hydrogen-bond donors (Lipinski definition) is 2. The minimum absolute atomic E-state index is 0.0407. The minimum Gasteiger partial charge on any atom is -0.319 e. The third kappa shape index (κ3) is 3.12.